The van der Waals surface area contributed by atoms with Crippen molar-refractivity contribution in [3.05, 3.63) is 12.7 Å². The van der Waals surface area contributed by atoms with Gasteiger partial charge in [0.05, 0.1) is 17.9 Å². The number of fused-ring (bicyclic) bond motifs is 1. The summed E-state index contributed by atoms with van der Waals surface area (Å²) in [5, 5.41) is 19.0. The Morgan fingerprint density at radius 1 is 1.40 bits per heavy atom. The summed E-state index contributed by atoms with van der Waals surface area (Å²) in [4.78, 5) is 42.2. The highest BCUT2D eigenvalue weighted by Gasteiger charge is 2.76. The molecule has 0 aromatic carbocycles. The van der Waals surface area contributed by atoms with Gasteiger partial charge in [-0.05, 0) is 25.7 Å². The minimum atomic E-state index is -1.14. The molecular formula is C21H31BrN2O6. The molecule has 0 aromatic rings. The molecule has 3 aliphatic heterocycles. The lowest BCUT2D eigenvalue weighted by Crippen LogP contribution is -2.57. The van der Waals surface area contributed by atoms with E-state index in [9.17, 15) is 19.5 Å². The number of carbonyl (C=O) groups is 3. The third-order valence-corrected chi connectivity index (χ3v) is 7.40. The highest BCUT2D eigenvalue weighted by atomic mass is 79.9. The number of carbonyl (C=O) groups excluding carboxylic acids is 2. The van der Waals surface area contributed by atoms with Crippen LogP contribution in [-0.4, -0.2) is 86.6 Å². The van der Waals surface area contributed by atoms with Gasteiger partial charge < -0.3 is 24.7 Å². The fraction of sp³-hybridized carbons (Fsp3) is 0.762. The normalized spacial score (nSPS) is 34.3. The van der Waals surface area contributed by atoms with Crippen LogP contribution in [0, 0.1) is 11.8 Å². The van der Waals surface area contributed by atoms with Crippen molar-refractivity contribution < 1.29 is 29.3 Å². The van der Waals surface area contributed by atoms with Gasteiger partial charge in [-0.15, -0.1) is 6.58 Å². The molecule has 0 radical (unpaired) electrons. The van der Waals surface area contributed by atoms with Gasteiger partial charge >= 0.3 is 5.97 Å². The molecule has 3 aliphatic rings. The minimum Gasteiger partial charge on any atom is -0.481 e. The number of unbranched alkanes of at least 4 members (excludes halogenated alkanes) is 2. The van der Waals surface area contributed by atoms with E-state index in [1.165, 1.54) is 4.90 Å². The van der Waals surface area contributed by atoms with Crippen molar-refractivity contribution >= 4 is 33.7 Å². The number of likely N-dealkylation sites (tertiary alicyclic amines) is 1. The number of rotatable bonds is 11. The van der Waals surface area contributed by atoms with Gasteiger partial charge in [0.2, 0.25) is 11.8 Å². The Labute approximate surface area is 185 Å². The Balaban J connectivity index is 1.99. The van der Waals surface area contributed by atoms with Gasteiger partial charge in [-0.2, -0.15) is 0 Å². The number of alkyl halides is 1. The summed E-state index contributed by atoms with van der Waals surface area (Å²) in [7, 11) is 0. The van der Waals surface area contributed by atoms with Crippen LogP contribution in [0.2, 0.25) is 0 Å². The summed E-state index contributed by atoms with van der Waals surface area (Å²) in [6.45, 7) is 6.98. The van der Waals surface area contributed by atoms with Crippen LogP contribution < -0.4 is 0 Å². The van der Waals surface area contributed by atoms with Crippen LogP contribution in [0.4, 0.5) is 0 Å². The molecule has 6 atom stereocenters. The van der Waals surface area contributed by atoms with E-state index in [-0.39, 0.29) is 29.8 Å². The number of carboxylic acid groups (broad SMARTS) is 1. The van der Waals surface area contributed by atoms with E-state index in [2.05, 4.69) is 22.5 Å². The van der Waals surface area contributed by atoms with Gasteiger partial charge in [-0.1, -0.05) is 35.4 Å². The second-order valence-corrected chi connectivity index (χ2v) is 9.57. The van der Waals surface area contributed by atoms with E-state index in [1.54, 1.807) is 11.0 Å². The molecule has 30 heavy (non-hydrogen) atoms. The molecule has 168 valence electrons. The van der Waals surface area contributed by atoms with Crippen LogP contribution in [0.5, 0.6) is 0 Å². The first kappa shape index (κ1) is 23.2. The smallest absolute Gasteiger partial charge is 0.310 e. The van der Waals surface area contributed by atoms with Crippen molar-refractivity contribution in [3.63, 3.8) is 0 Å². The van der Waals surface area contributed by atoms with Gasteiger partial charge in [-0.25, -0.2) is 0 Å². The number of aliphatic carboxylic acids is 1. The van der Waals surface area contributed by atoms with Crippen LogP contribution in [0.15, 0.2) is 12.7 Å². The first-order chi connectivity index (χ1) is 14.3. The fourth-order valence-electron chi connectivity index (χ4n) is 5.29. The molecule has 2 N–H and O–H groups in total. The second kappa shape index (κ2) is 9.36. The summed E-state index contributed by atoms with van der Waals surface area (Å²) in [5.41, 5.74) is -1.14. The molecule has 3 saturated heterocycles. The summed E-state index contributed by atoms with van der Waals surface area (Å²) in [5.74, 6) is -3.45. The minimum absolute atomic E-state index is 0.00585. The predicted molar refractivity (Wildman–Crippen MR) is 113 cm³/mol. The largest absolute Gasteiger partial charge is 0.481 e. The molecule has 0 aromatic heterocycles. The van der Waals surface area contributed by atoms with Crippen molar-refractivity contribution in [1.29, 1.82) is 0 Å². The zero-order chi connectivity index (χ0) is 22.1. The molecule has 0 saturated carbocycles. The Morgan fingerprint density at radius 2 is 2.13 bits per heavy atom. The van der Waals surface area contributed by atoms with Crippen molar-refractivity contribution in [3.8, 4) is 0 Å². The van der Waals surface area contributed by atoms with Crippen LogP contribution in [-0.2, 0) is 19.1 Å². The molecule has 8 nitrogen and oxygen atoms in total. The number of aliphatic hydroxyl groups is 1. The molecule has 3 heterocycles. The van der Waals surface area contributed by atoms with E-state index >= 15 is 0 Å². The van der Waals surface area contributed by atoms with Gasteiger partial charge in [0.1, 0.15) is 11.6 Å². The van der Waals surface area contributed by atoms with Crippen LogP contribution in [0.25, 0.3) is 0 Å². The first-order valence-electron chi connectivity index (χ1n) is 10.7. The fourth-order valence-corrected chi connectivity index (χ4v) is 6.24. The quantitative estimate of drug-likeness (QED) is 0.259. The van der Waals surface area contributed by atoms with Gasteiger partial charge in [-0.3, -0.25) is 14.4 Å². The molecule has 0 aliphatic carbocycles. The third kappa shape index (κ3) is 3.69. The van der Waals surface area contributed by atoms with Gasteiger partial charge in [0.25, 0.3) is 0 Å². The summed E-state index contributed by atoms with van der Waals surface area (Å²) >= 11 is 3.53. The number of carboxylic acids is 1. The summed E-state index contributed by atoms with van der Waals surface area (Å²) in [6, 6.07) is -0.861. The standard InChI is InChI=1S/C21H31BrN2O6/c1-3-5-9-23(8-4-2)19(27)17-21-12-13(22)16(30-21)14(20(28)29)15(21)18(26)24(17)10-6-7-11-25/h4,13-17,25H,2-3,5-12H2,1H3,(H,28,29)/t13?,14-,15+,16-,17-,21+/m1/s1. The number of hydrogen-bond acceptors (Lipinski definition) is 5. The van der Waals surface area contributed by atoms with E-state index in [0.717, 1.165) is 12.8 Å². The maximum atomic E-state index is 13.7. The third-order valence-electron chi connectivity index (χ3n) is 6.56. The Kier molecular flexibility index (Phi) is 7.24. The second-order valence-electron chi connectivity index (χ2n) is 8.39. The highest BCUT2D eigenvalue weighted by molar-refractivity contribution is 9.09. The van der Waals surface area contributed by atoms with E-state index in [1.807, 2.05) is 6.92 Å². The first-order valence-corrected chi connectivity index (χ1v) is 11.6. The number of aliphatic hydroxyl groups excluding tert-OH is 1. The van der Waals surface area contributed by atoms with Crippen LogP contribution in [0.3, 0.4) is 0 Å². The monoisotopic (exact) mass is 486 g/mol. The van der Waals surface area contributed by atoms with E-state index in [4.69, 9.17) is 9.84 Å². The lowest BCUT2D eigenvalue weighted by molar-refractivity contribution is -0.150. The SMILES string of the molecule is C=CCN(CCCC)C(=O)[C@H]1N(CCCCO)C(=O)[C@@H]2[C@@H](C(=O)O)[C@@H]3O[C@@]21CC3Br. The van der Waals surface area contributed by atoms with Crippen molar-refractivity contribution in [1.82, 2.24) is 9.80 Å². The zero-order valence-electron chi connectivity index (χ0n) is 17.3. The number of amides is 2. The van der Waals surface area contributed by atoms with Gasteiger partial charge in [0, 0.05) is 31.1 Å². The van der Waals surface area contributed by atoms with Crippen molar-refractivity contribution in [2.75, 3.05) is 26.2 Å². The van der Waals surface area contributed by atoms with Crippen LogP contribution >= 0.6 is 15.9 Å². The number of nitrogens with zero attached hydrogens (tertiary/aromatic N) is 2. The molecule has 2 amide bonds. The molecule has 2 bridgehead atoms. The molecule has 3 rings (SSSR count). The number of hydrogen-bond donors (Lipinski definition) is 2. The van der Waals surface area contributed by atoms with Gasteiger partial charge in [0.15, 0.2) is 0 Å². The maximum absolute atomic E-state index is 13.7. The molecule has 1 spiro atoms. The molecule has 3 fully saturated rings. The van der Waals surface area contributed by atoms with Crippen molar-refractivity contribution in [2.45, 2.75) is 61.6 Å². The number of halogens is 1. The number of ether oxygens (including phenoxy) is 1. The average Bonchev–Trinajstić information content (AvgIpc) is 3.29. The van der Waals surface area contributed by atoms with Crippen molar-refractivity contribution in [2.24, 2.45) is 11.8 Å². The predicted octanol–water partition coefficient (Wildman–Crippen LogP) is 1.41. The lowest BCUT2D eigenvalue weighted by Gasteiger charge is -2.37. The van der Waals surface area contributed by atoms with E-state index in [0.29, 0.717) is 32.4 Å². The Hall–Kier alpha value is -1.45. The van der Waals surface area contributed by atoms with Crippen LogP contribution in [0.1, 0.15) is 39.0 Å². The summed E-state index contributed by atoms with van der Waals surface area (Å²) in [6.07, 6.45) is 4.22. The molecular weight excluding hydrogens is 456 g/mol. The maximum Gasteiger partial charge on any atom is 0.310 e. The topological polar surface area (TPSA) is 107 Å². The molecule has 1 unspecified atom stereocenters. The van der Waals surface area contributed by atoms with E-state index < -0.39 is 35.6 Å². The Morgan fingerprint density at radius 3 is 2.73 bits per heavy atom. The highest BCUT2D eigenvalue weighted by Crippen LogP contribution is 2.60. The summed E-state index contributed by atoms with van der Waals surface area (Å²) < 4.78 is 6.23. The molecule has 9 heteroatoms. The lowest BCUT2D eigenvalue weighted by atomic mass is 9.70. The average molecular weight is 487 g/mol. The Bertz CT molecular complexity index is 703. The zero-order valence-corrected chi connectivity index (χ0v) is 18.9.